The summed E-state index contributed by atoms with van der Waals surface area (Å²) in [7, 11) is -2.05. The quantitative estimate of drug-likeness (QED) is 0.305. The fraction of sp³-hybridized carbons (Fsp3) is 0.519. The molecule has 2 aromatic carbocycles. The zero-order valence-corrected chi connectivity index (χ0v) is 24.6. The highest BCUT2D eigenvalue weighted by molar-refractivity contribution is 7.89. The van der Waals surface area contributed by atoms with Gasteiger partial charge in [-0.05, 0) is 60.7 Å². The predicted octanol–water partition coefficient (Wildman–Crippen LogP) is 4.10. The van der Waals surface area contributed by atoms with Crippen molar-refractivity contribution in [1.82, 2.24) is 9.21 Å². The van der Waals surface area contributed by atoms with Crippen LogP contribution < -0.4 is 10.5 Å². The number of carbonyl (C=O) groups excluding carboxylic acids is 1. The van der Waals surface area contributed by atoms with Crippen LogP contribution in [-0.2, 0) is 27.8 Å². The monoisotopic (exact) mass is 587 g/mol. The number of carbonyl (C=O) groups is 1. The average molecular weight is 589 g/mol. The van der Waals surface area contributed by atoms with Crippen molar-refractivity contribution in [3.63, 3.8) is 0 Å². The Morgan fingerprint density at radius 3 is 2.26 bits per heavy atom. The SMILES string of the molecule is CCCN(CCC)S(=O)(=O)CCC(=O)N(Cc1cccc(OC)c1)CC(O)C(N)Cc1cc(Cl)cc(Cl)c1. The number of nitrogens with zero attached hydrogens (tertiary/aromatic N) is 2. The second-order valence-electron chi connectivity index (χ2n) is 9.30. The van der Waals surface area contributed by atoms with E-state index in [1.54, 1.807) is 43.5 Å². The van der Waals surface area contributed by atoms with Crippen LogP contribution in [0.1, 0.15) is 44.2 Å². The number of nitrogens with two attached hydrogens (primary N) is 1. The maximum absolute atomic E-state index is 13.3. The van der Waals surface area contributed by atoms with Crippen LogP contribution in [-0.4, -0.2) is 73.3 Å². The van der Waals surface area contributed by atoms with Crippen LogP contribution in [0.15, 0.2) is 42.5 Å². The zero-order chi connectivity index (χ0) is 28.3. The van der Waals surface area contributed by atoms with Crippen molar-refractivity contribution >= 4 is 39.1 Å². The van der Waals surface area contributed by atoms with E-state index in [-0.39, 0.29) is 31.2 Å². The summed E-state index contributed by atoms with van der Waals surface area (Å²) in [5.41, 5.74) is 7.83. The van der Waals surface area contributed by atoms with Gasteiger partial charge in [0.1, 0.15) is 5.75 Å². The van der Waals surface area contributed by atoms with Gasteiger partial charge in [-0.25, -0.2) is 12.7 Å². The minimum atomic E-state index is -3.60. The lowest BCUT2D eigenvalue weighted by Crippen LogP contribution is -2.46. The lowest BCUT2D eigenvalue weighted by molar-refractivity contribution is -0.133. The highest BCUT2D eigenvalue weighted by Gasteiger charge is 2.26. The summed E-state index contributed by atoms with van der Waals surface area (Å²) >= 11 is 12.2. The molecule has 0 aliphatic carbocycles. The molecule has 3 N–H and O–H groups in total. The van der Waals surface area contributed by atoms with Crippen LogP contribution in [0.5, 0.6) is 5.75 Å². The Morgan fingerprint density at radius 2 is 1.68 bits per heavy atom. The maximum Gasteiger partial charge on any atom is 0.224 e. The molecule has 0 bridgehead atoms. The first kappa shape index (κ1) is 32.3. The van der Waals surface area contributed by atoms with Crippen LogP contribution in [0.3, 0.4) is 0 Å². The first-order valence-electron chi connectivity index (χ1n) is 12.8. The molecular formula is C27H39Cl2N3O5S. The van der Waals surface area contributed by atoms with E-state index in [0.717, 1.165) is 11.1 Å². The highest BCUT2D eigenvalue weighted by atomic mass is 35.5. The van der Waals surface area contributed by atoms with Crippen LogP contribution in [0.4, 0.5) is 0 Å². The molecule has 0 fully saturated rings. The number of hydrogen-bond donors (Lipinski definition) is 2. The topological polar surface area (TPSA) is 113 Å². The van der Waals surface area contributed by atoms with Gasteiger partial charge in [-0.3, -0.25) is 4.79 Å². The molecule has 8 nitrogen and oxygen atoms in total. The molecule has 212 valence electrons. The number of sulfonamides is 1. The molecule has 38 heavy (non-hydrogen) atoms. The van der Waals surface area contributed by atoms with Crippen molar-refractivity contribution in [3.05, 3.63) is 63.6 Å². The molecule has 0 heterocycles. The third kappa shape index (κ3) is 10.4. The first-order chi connectivity index (χ1) is 18.0. The van der Waals surface area contributed by atoms with Crippen molar-refractivity contribution in [2.45, 2.75) is 58.2 Å². The number of halogens is 2. The van der Waals surface area contributed by atoms with Crippen LogP contribution >= 0.6 is 23.2 Å². The van der Waals surface area contributed by atoms with Crippen LogP contribution in [0.25, 0.3) is 0 Å². The number of amides is 1. The van der Waals surface area contributed by atoms with Crippen molar-refractivity contribution in [3.8, 4) is 5.75 Å². The molecule has 1 amide bonds. The molecule has 0 saturated carbocycles. The van der Waals surface area contributed by atoms with Crippen molar-refractivity contribution < 1.29 is 23.1 Å². The summed E-state index contributed by atoms with van der Waals surface area (Å²) in [6, 6.07) is 11.6. The molecule has 0 radical (unpaired) electrons. The van der Waals surface area contributed by atoms with E-state index in [9.17, 15) is 18.3 Å². The van der Waals surface area contributed by atoms with E-state index in [0.29, 0.717) is 48.1 Å². The number of hydrogen-bond acceptors (Lipinski definition) is 6. The lowest BCUT2D eigenvalue weighted by atomic mass is 10.0. The van der Waals surface area contributed by atoms with Gasteiger partial charge in [0.05, 0.1) is 19.0 Å². The fourth-order valence-electron chi connectivity index (χ4n) is 4.14. The first-order valence-corrected chi connectivity index (χ1v) is 15.1. The Kier molecular flexibility index (Phi) is 13.3. The predicted molar refractivity (Wildman–Crippen MR) is 153 cm³/mol. The summed E-state index contributed by atoms with van der Waals surface area (Å²) in [5.74, 6) is -0.0624. The van der Waals surface area contributed by atoms with Gasteiger partial charge in [0.25, 0.3) is 0 Å². The summed E-state index contributed by atoms with van der Waals surface area (Å²) in [6.07, 6.45) is 0.395. The number of rotatable bonds is 16. The molecule has 2 unspecified atom stereocenters. The standard InChI is InChI=1S/C27H39Cl2N3O5S/c1-4-10-32(11-5-2)38(35,36)12-9-27(34)31(18-20-7-6-8-24(15-20)37-3)19-26(33)25(30)16-21-13-22(28)17-23(29)14-21/h6-8,13-15,17,25-26,33H,4-5,9-12,16,18-19,30H2,1-3H3. The average Bonchev–Trinajstić information content (AvgIpc) is 2.86. The van der Waals surface area contributed by atoms with E-state index in [4.69, 9.17) is 33.7 Å². The highest BCUT2D eigenvalue weighted by Crippen LogP contribution is 2.21. The van der Waals surface area contributed by atoms with Crippen LogP contribution in [0.2, 0.25) is 10.0 Å². The number of methoxy groups -OCH3 is 1. The summed E-state index contributed by atoms with van der Waals surface area (Å²) in [6.45, 7) is 4.76. The zero-order valence-electron chi connectivity index (χ0n) is 22.3. The molecular weight excluding hydrogens is 549 g/mol. The normalized spacial score (nSPS) is 13.4. The molecule has 0 aliphatic heterocycles. The number of benzene rings is 2. The Hall–Kier alpha value is -1.88. The molecule has 0 spiro atoms. The fourth-order valence-corrected chi connectivity index (χ4v) is 6.32. The Labute approximate surface area is 236 Å². The Morgan fingerprint density at radius 1 is 1.05 bits per heavy atom. The van der Waals surface area contributed by atoms with Crippen molar-refractivity contribution in [2.75, 3.05) is 32.5 Å². The van der Waals surface area contributed by atoms with Crippen molar-refractivity contribution in [1.29, 1.82) is 0 Å². The largest absolute Gasteiger partial charge is 0.497 e. The van der Waals surface area contributed by atoms with E-state index < -0.39 is 22.2 Å². The van der Waals surface area contributed by atoms with E-state index >= 15 is 0 Å². The van der Waals surface area contributed by atoms with Gasteiger partial charge >= 0.3 is 0 Å². The number of aliphatic hydroxyl groups is 1. The Balaban J connectivity index is 2.18. The smallest absolute Gasteiger partial charge is 0.224 e. The Bertz CT molecular complexity index is 1120. The van der Waals surface area contributed by atoms with E-state index in [2.05, 4.69) is 0 Å². The third-order valence-electron chi connectivity index (χ3n) is 6.07. The van der Waals surface area contributed by atoms with Gasteiger partial charge in [0.2, 0.25) is 15.9 Å². The minimum Gasteiger partial charge on any atom is -0.497 e. The molecule has 2 aromatic rings. The van der Waals surface area contributed by atoms with Gasteiger partial charge in [-0.15, -0.1) is 0 Å². The maximum atomic E-state index is 13.3. The van der Waals surface area contributed by atoms with Gasteiger partial charge in [0.15, 0.2) is 0 Å². The third-order valence-corrected chi connectivity index (χ3v) is 8.38. The summed E-state index contributed by atoms with van der Waals surface area (Å²) in [4.78, 5) is 14.8. The van der Waals surface area contributed by atoms with Crippen LogP contribution in [0, 0.1) is 0 Å². The molecule has 2 rings (SSSR count). The lowest BCUT2D eigenvalue weighted by Gasteiger charge is -2.29. The van der Waals surface area contributed by atoms with Gasteiger partial charge in [-0.1, -0.05) is 49.2 Å². The van der Waals surface area contributed by atoms with Gasteiger partial charge in [0, 0.05) is 48.7 Å². The molecule has 0 aliphatic rings. The second kappa shape index (κ2) is 15.6. The molecule has 0 saturated heterocycles. The van der Waals surface area contributed by atoms with Gasteiger partial charge in [-0.2, -0.15) is 0 Å². The van der Waals surface area contributed by atoms with E-state index in [1.807, 2.05) is 19.9 Å². The van der Waals surface area contributed by atoms with E-state index in [1.165, 1.54) is 9.21 Å². The molecule has 0 aromatic heterocycles. The van der Waals surface area contributed by atoms with Gasteiger partial charge < -0.3 is 20.5 Å². The van der Waals surface area contributed by atoms with Crippen molar-refractivity contribution in [2.24, 2.45) is 5.73 Å². The minimum absolute atomic E-state index is 0.0702. The molecule has 2 atom stereocenters. The molecule has 11 heteroatoms. The summed E-state index contributed by atoms with van der Waals surface area (Å²) in [5, 5.41) is 11.9. The number of ether oxygens (including phenoxy) is 1. The number of aliphatic hydroxyl groups excluding tert-OH is 1. The second-order valence-corrected chi connectivity index (χ2v) is 12.3. The summed E-state index contributed by atoms with van der Waals surface area (Å²) < 4.78 is 32.6.